The molecule has 3 rings (SSSR count). The maximum absolute atomic E-state index is 12.3. The zero-order valence-corrected chi connectivity index (χ0v) is 10.8. The van der Waals surface area contributed by atoms with Crippen LogP contribution in [0.4, 0.5) is 0 Å². The van der Waals surface area contributed by atoms with Gasteiger partial charge in [-0.15, -0.1) is 0 Å². The number of carbonyl (C=O) groups excluding carboxylic acids is 1. The molecule has 1 unspecified atom stereocenters. The summed E-state index contributed by atoms with van der Waals surface area (Å²) >= 11 is 0. The first-order valence-electron chi connectivity index (χ1n) is 6.40. The van der Waals surface area contributed by atoms with Crippen molar-refractivity contribution in [1.29, 1.82) is 0 Å². The van der Waals surface area contributed by atoms with Gasteiger partial charge >= 0.3 is 0 Å². The number of fused-ring (bicyclic) bond motifs is 1. The second-order valence-electron chi connectivity index (χ2n) is 4.85. The van der Waals surface area contributed by atoms with E-state index in [-0.39, 0.29) is 11.8 Å². The topological polar surface area (TPSA) is 59.8 Å². The van der Waals surface area contributed by atoms with Crippen molar-refractivity contribution >= 4 is 5.78 Å². The average Bonchev–Trinajstić information content (AvgIpc) is 2.84. The van der Waals surface area contributed by atoms with Crippen molar-refractivity contribution in [2.24, 2.45) is 7.05 Å². The smallest absolute Gasteiger partial charge is 0.157 e. The lowest BCUT2D eigenvalue weighted by molar-refractivity contribution is -0.120. The van der Waals surface area contributed by atoms with Crippen molar-refractivity contribution < 1.29 is 4.79 Å². The molecule has 0 spiro atoms. The van der Waals surface area contributed by atoms with Crippen LogP contribution in [0, 0.1) is 0 Å². The lowest BCUT2D eigenvalue weighted by Gasteiger charge is -2.24. The number of Topliss-reactive ketones (excluding diaryl/α,β-unsaturated/α-hetero) is 1. The fraction of sp³-hybridized carbons (Fsp3) is 0.357. The molecule has 1 aromatic carbocycles. The SMILES string of the molecule is Cn1ncnc1CC(=O)C1Cc2ccccc2CN1. The quantitative estimate of drug-likeness (QED) is 0.875. The Morgan fingerprint density at radius 2 is 2.21 bits per heavy atom. The molecule has 5 heteroatoms. The van der Waals surface area contributed by atoms with Gasteiger partial charge in [0.25, 0.3) is 0 Å². The van der Waals surface area contributed by atoms with Crippen molar-refractivity contribution in [3.63, 3.8) is 0 Å². The third-order valence-corrected chi connectivity index (χ3v) is 3.61. The van der Waals surface area contributed by atoms with Crippen molar-refractivity contribution in [3.8, 4) is 0 Å². The predicted molar refractivity (Wildman–Crippen MR) is 70.5 cm³/mol. The Bertz CT molecular complexity index is 605. The predicted octanol–water partition coefficient (Wildman–Crippen LogP) is 0.641. The molecule has 1 atom stereocenters. The van der Waals surface area contributed by atoms with Crippen LogP contribution in [0.2, 0.25) is 0 Å². The van der Waals surface area contributed by atoms with E-state index in [1.807, 2.05) is 12.1 Å². The molecule has 19 heavy (non-hydrogen) atoms. The first-order valence-corrected chi connectivity index (χ1v) is 6.40. The standard InChI is InChI=1S/C14H16N4O/c1-18-14(16-9-17-18)7-13(19)12-6-10-4-2-3-5-11(10)8-15-12/h2-5,9,12,15H,6-8H2,1H3. The van der Waals surface area contributed by atoms with Gasteiger partial charge in [0.15, 0.2) is 5.78 Å². The maximum atomic E-state index is 12.3. The van der Waals surface area contributed by atoms with Crippen molar-refractivity contribution in [2.45, 2.75) is 25.4 Å². The van der Waals surface area contributed by atoms with Crippen LogP contribution in [0.1, 0.15) is 17.0 Å². The van der Waals surface area contributed by atoms with Gasteiger partial charge in [-0.3, -0.25) is 9.48 Å². The van der Waals surface area contributed by atoms with Crippen LogP contribution in [0.15, 0.2) is 30.6 Å². The van der Waals surface area contributed by atoms with E-state index < -0.39 is 0 Å². The second kappa shape index (κ2) is 4.93. The first kappa shape index (κ1) is 12.0. The molecular weight excluding hydrogens is 240 g/mol. The van der Waals surface area contributed by atoms with E-state index in [0.29, 0.717) is 12.2 Å². The molecule has 0 saturated heterocycles. The third kappa shape index (κ3) is 2.42. The number of hydrogen-bond acceptors (Lipinski definition) is 4. The van der Waals surface area contributed by atoms with E-state index in [1.54, 1.807) is 11.7 Å². The molecule has 98 valence electrons. The van der Waals surface area contributed by atoms with Gasteiger partial charge < -0.3 is 5.32 Å². The van der Waals surface area contributed by atoms with Crippen LogP contribution < -0.4 is 5.32 Å². The highest BCUT2D eigenvalue weighted by Gasteiger charge is 2.24. The van der Waals surface area contributed by atoms with Gasteiger partial charge in [-0.05, 0) is 17.5 Å². The summed E-state index contributed by atoms with van der Waals surface area (Å²) in [7, 11) is 1.80. The largest absolute Gasteiger partial charge is 0.303 e. The molecule has 1 aromatic heterocycles. The van der Waals surface area contributed by atoms with Gasteiger partial charge in [0.1, 0.15) is 12.2 Å². The summed E-state index contributed by atoms with van der Waals surface area (Å²) < 4.78 is 1.65. The Labute approximate surface area is 111 Å². The third-order valence-electron chi connectivity index (χ3n) is 3.61. The number of benzene rings is 1. The van der Waals surface area contributed by atoms with Gasteiger partial charge in [0, 0.05) is 13.6 Å². The number of hydrogen-bond donors (Lipinski definition) is 1. The maximum Gasteiger partial charge on any atom is 0.157 e. The lowest BCUT2D eigenvalue weighted by Crippen LogP contribution is -2.42. The minimum Gasteiger partial charge on any atom is -0.303 e. The fourth-order valence-corrected chi connectivity index (χ4v) is 2.44. The Balaban J connectivity index is 1.71. The van der Waals surface area contributed by atoms with Crippen LogP contribution in [-0.2, 0) is 31.2 Å². The number of ketones is 1. The lowest BCUT2D eigenvalue weighted by atomic mass is 9.93. The fourth-order valence-electron chi connectivity index (χ4n) is 2.44. The Hall–Kier alpha value is -2.01. The molecule has 0 fully saturated rings. The van der Waals surface area contributed by atoms with Gasteiger partial charge in [-0.2, -0.15) is 5.10 Å². The van der Waals surface area contributed by atoms with E-state index >= 15 is 0 Å². The van der Waals surface area contributed by atoms with Crippen molar-refractivity contribution in [1.82, 2.24) is 20.1 Å². The number of carbonyl (C=O) groups is 1. The van der Waals surface area contributed by atoms with E-state index in [0.717, 1.165) is 13.0 Å². The van der Waals surface area contributed by atoms with Gasteiger partial charge in [0.2, 0.25) is 0 Å². The van der Waals surface area contributed by atoms with E-state index in [2.05, 4.69) is 27.5 Å². The van der Waals surface area contributed by atoms with Crippen LogP contribution in [0.5, 0.6) is 0 Å². The molecule has 0 radical (unpaired) electrons. The Morgan fingerprint density at radius 1 is 1.42 bits per heavy atom. The van der Waals surface area contributed by atoms with Gasteiger partial charge in [0.05, 0.1) is 12.5 Å². The highest BCUT2D eigenvalue weighted by atomic mass is 16.1. The van der Waals surface area contributed by atoms with Crippen molar-refractivity contribution in [2.75, 3.05) is 0 Å². The summed E-state index contributed by atoms with van der Waals surface area (Å²) in [6.45, 7) is 0.755. The summed E-state index contributed by atoms with van der Waals surface area (Å²) in [5, 5.41) is 7.28. The number of rotatable bonds is 3. The van der Waals surface area contributed by atoms with Crippen LogP contribution in [0.25, 0.3) is 0 Å². The molecule has 0 amide bonds. The number of nitrogens with one attached hydrogen (secondary N) is 1. The first-order chi connectivity index (χ1) is 9.24. The molecular formula is C14H16N4O. The normalized spacial score (nSPS) is 18.1. The minimum atomic E-state index is -0.119. The number of aryl methyl sites for hydroxylation is 1. The van der Waals surface area contributed by atoms with E-state index in [1.165, 1.54) is 17.5 Å². The van der Waals surface area contributed by atoms with Crippen LogP contribution >= 0.6 is 0 Å². The molecule has 1 N–H and O–H groups in total. The summed E-state index contributed by atoms with van der Waals surface area (Å²) in [6, 6.07) is 8.13. The Kier molecular flexibility index (Phi) is 3.13. The van der Waals surface area contributed by atoms with E-state index in [9.17, 15) is 4.79 Å². The highest BCUT2D eigenvalue weighted by Crippen LogP contribution is 2.17. The second-order valence-corrected chi connectivity index (χ2v) is 4.85. The monoisotopic (exact) mass is 256 g/mol. The van der Waals surface area contributed by atoms with Gasteiger partial charge in [-0.25, -0.2) is 4.98 Å². The van der Waals surface area contributed by atoms with Crippen LogP contribution in [-0.4, -0.2) is 26.6 Å². The minimum absolute atomic E-state index is 0.119. The number of nitrogens with zero attached hydrogens (tertiary/aromatic N) is 3. The highest BCUT2D eigenvalue weighted by molar-refractivity contribution is 5.86. The van der Waals surface area contributed by atoms with E-state index in [4.69, 9.17) is 0 Å². The van der Waals surface area contributed by atoms with Crippen molar-refractivity contribution in [3.05, 3.63) is 47.5 Å². The molecule has 1 aliphatic heterocycles. The zero-order chi connectivity index (χ0) is 13.2. The number of aromatic nitrogens is 3. The molecule has 2 aromatic rings. The average molecular weight is 256 g/mol. The molecule has 2 heterocycles. The van der Waals surface area contributed by atoms with Crippen LogP contribution in [0.3, 0.4) is 0 Å². The Morgan fingerprint density at radius 3 is 2.95 bits per heavy atom. The molecule has 5 nitrogen and oxygen atoms in total. The summed E-state index contributed by atoms with van der Waals surface area (Å²) in [5.41, 5.74) is 2.54. The summed E-state index contributed by atoms with van der Waals surface area (Å²) in [4.78, 5) is 16.4. The van der Waals surface area contributed by atoms with Gasteiger partial charge in [-0.1, -0.05) is 24.3 Å². The molecule has 0 saturated carbocycles. The molecule has 0 aliphatic carbocycles. The molecule has 1 aliphatic rings. The summed E-state index contributed by atoms with van der Waals surface area (Å²) in [6.07, 6.45) is 2.56. The zero-order valence-electron chi connectivity index (χ0n) is 10.8. The summed E-state index contributed by atoms with van der Waals surface area (Å²) in [5.74, 6) is 0.885. The molecule has 0 bridgehead atoms.